The first kappa shape index (κ1) is 15.6. The lowest BCUT2D eigenvalue weighted by Gasteiger charge is -2.23. The third-order valence-electron chi connectivity index (χ3n) is 2.71. The van der Waals surface area contributed by atoms with Crippen molar-refractivity contribution in [2.24, 2.45) is 5.41 Å². The number of benzene rings is 1. The number of methoxy groups -OCH3 is 1. The van der Waals surface area contributed by atoms with Gasteiger partial charge in [-0.1, -0.05) is 13.8 Å². The smallest absolute Gasteiger partial charge is 0.163 e. The summed E-state index contributed by atoms with van der Waals surface area (Å²) < 4.78 is 10.6. The van der Waals surface area contributed by atoms with Crippen LogP contribution in [0.25, 0.3) is 0 Å². The fraction of sp³-hybridized carbons (Fsp3) is 0.571. The zero-order valence-corrected chi connectivity index (χ0v) is 11.8. The Balaban J connectivity index is 2.74. The fourth-order valence-corrected chi connectivity index (χ4v) is 1.45. The molecule has 5 heteroatoms. The van der Waals surface area contributed by atoms with E-state index in [0.717, 1.165) is 5.69 Å². The van der Waals surface area contributed by atoms with Crippen LogP contribution in [-0.4, -0.2) is 43.7 Å². The van der Waals surface area contributed by atoms with Gasteiger partial charge in [0.05, 0.1) is 13.7 Å². The van der Waals surface area contributed by atoms with Crippen molar-refractivity contribution in [3.05, 3.63) is 18.2 Å². The van der Waals surface area contributed by atoms with E-state index in [9.17, 15) is 5.11 Å². The molecule has 0 aliphatic carbocycles. The first-order valence-corrected chi connectivity index (χ1v) is 6.29. The van der Waals surface area contributed by atoms with Gasteiger partial charge in [-0.05, 0) is 12.1 Å². The summed E-state index contributed by atoms with van der Waals surface area (Å²) >= 11 is 0. The molecule has 0 aliphatic rings. The minimum absolute atomic E-state index is 0.0433. The summed E-state index contributed by atoms with van der Waals surface area (Å²) in [6, 6.07) is 5.51. The van der Waals surface area contributed by atoms with Crippen LogP contribution in [-0.2, 0) is 0 Å². The first-order chi connectivity index (χ1) is 9.02. The fourth-order valence-electron chi connectivity index (χ4n) is 1.45. The van der Waals surface area contributed by atoms with Crippen molar-refractivity contribution < 1.29 is 19.7 Å². The number of hydrogen-bond acceptors (Lipinski definition) is 5. The van der Waals surface area contributed by atoms with Crippen LogP contribution in [0.1, 0.15) is 13.8 Å². The van der Waals surface area contributed by atoms with Gasteiger partial charge in [0.15, 0.2) is 11.5 Å². The van der Waals surface area contributed by atoms with Crippen LogP contribution in [0.5, 0.6) is 11.5 Å². The standard InChI is InChI=1S/C14H23NO4/c1-14(2,10-17)9-15-11-4-5-12(18-3)13(8-11)19-7-6-16/h4-5,8,15-17H,6-7,9-10H2,1-3H3. The van der Waals surface area contributed by atoms with E-state index in [1.54, 1.807) is 13.2 Å². The SMILES string of the molecule is COc1ccc(NCC(C)(C)CO)cc1OCCO. The van der Waals surface area contributed by atoms with E-state index < -0.39 is 0 Å². The topological polar surface area (TPSA) is 71.0 Å². The second kappa shape index (κ2) is 7.21. The molecular weight excluding hydrogens is 246 g/mol. The lowest BCUT2D eigenvalue weighted by Crippen LogP contribution is -2.26. The molecule has 0 heterocycles. The molecule has 0 aromatic heterocycles. The molecule has 0 spiro atoms. The zero-order valence-electron chi connectivity index (χ0n) is 11.8. The lowest BCUT2D eigenvalue weighted by molar-refractivity contribution is 0.171. The molecule has 0 bridgehead atoms. The Labute approximate surface area is 114 Å². The van der Waals surface area contributed by atoms with Crippen molar-refractivity contribution in [1.29, 1.82) is 0 Å². The van der Waals surface area contributed by atoms with Gasteiger partial charge in [0.25, 0.3) is 0 Å². The highest BCUT2D eigenvalue weighted by Crippen LogP contribution is 2.30. The summed E-state index contributed by atoms with van der Waals surface area (Å²) in [6.45, 7) is 4.90. The zero-order chi connectivity index (χ0) is 14.3. The minimum atomic E-state index is -0.188. The molecule has 1 rings (SSSR count). The molecular formula is C14H23NO4. The molecule has 0 amide bonds. The van der Waals surface area contributed by atoms with Gasteiger partial charge in [-0.25, -0.2) is 0 Å². The molecule has 0 unspecified atom stereocenters. The maximum Gasteiger partial charge on any atom is 0.163 e. The van der Waals surface area contributed by atoms with Gasteiger partial charge in [-0.2, -0.15) is 0 Å². The van der Waals surface area contributed by atoms with Gasteiger partial charge in [0.1, 0.15) is 6.61 Å². The largest absolute Gasteiger partial charge is 0.493 e. The van der Waals surface area contributed by atoms with Crippen LogP contribution in [0.3, 0.4) is 0 Å². The third-order valence-corrected chi connectivity index (χ3v) is 2.71. The number of aliphatic hydroxyl groups is 2. The van der Waals surface area contributed by atoms with Crippen molar-refractivity contribution in [3.63, 3.8) is 0 Å². The Morgan fingerprint density at radius 3 is 2.53 bits per heavy atom. The van der Waals surface area contributed by atoms with Crippen LogP contribution in [0, 0.1) is 5.41 Å². The molecule has 3 N–H and O–H groups in total. The highest BCUT2D eigenvalue weighted by atomic mass is 16.5. The minimum Gasteiger partial charge on any atom is -0.493 e. The summed E-state index contributed by atoms with van der Waals surface area (Å²) in [4.78, 5) is 0. The predicted octanol–water partition coefficient (Wildman–Crippen LogP) is 1.50. The molecule has 5 nitrogen and oxygen atoms in total. The monoisotopic (exact) mass is 269 g/mol. The molecule has 108 valence electrons. The number of rotatable bonds is 8. The van der Waals surface area contributed by atoms with E-state index in [2.05, 4.69) is 5.32 Å². The molecule has 1 aromatic rings. The highest BCUT2D eigenvalue weighted by molar-refractivity contribution is 5.54. The quantitative estimate of drug-likeness (QED) is 0.667. The molecule has 19 heavy (non-hydrogen) atoms. The molecule has 0 saturated carbocycles. The number of ether oxygens (including phenoxy) is 2. The Morgan fingerprint density at radius 2 is 1.95 bits per heavy atom. The van der Waals surface area contributed by atoms with Crippen LogP contribution in [0.15, 0.2) is 18.2 Å². The van der Waals surface area contributed by atoms with Crippen molar-refractivity contribution in [1.82, 2.24) is 0 Å². The predicted molar refractivity (Wildman–Crippen MR) is 74.9 cm³/mol. The van der Waals surface area contributed by atoms with E-state index in [4.69, 9.17) is 14.6 Å². The Kier molecular flexibility index (Phi) is 5.92. The summed E-state index contributed by atoms with van der Waals surface area (Å²) in [7, 11) is 1.57. The summed E-state index contributed by atoms with van der Waals surface area (Å²) in [5.41, 5.74) is 0.696. The Hall–Kier alpha value is -1.46. The second-order valence-electron chi connectivity index (χ2n) is 5.11. The second-order valence-corrected chi connectivity index (χ2v) is 5.11. The number of nitrogens with one attached hydrogen (secondary N) is 1. The summed E-state index contributed by atoms with van der Waals surface area (Å²) in [5, 5.41) is 21.3. The molecule has 0 aliphatic heterocycles. The first-order valence-electron chi connectivity index (χ1n) is 6.29. The Bertz CT molecular complexity index is 393. The van der Waals surface area contributed by atoms with Crippen molar-refractivity contribution in [2.45, 2.75) is 13.8 Å². The van der Waals surface area contributed by atoms with E-state index in [-0.39, 0.29) is 25.2 Å². The van der Waals surface area contributed by atoms with Crippen LogP contribution >= 0.6 is 0 Å². The Morgan fingerprint density at radius 1 is 1.21 bits per heavy atom. The van der Waals surface area contributed by atoms with Gasteiger partial charge in [-0.3, -0.25) is 0 Å². The van der Waals surface area contributed by atoms with Crippen molar-refractivity contribution >= 4 is 5.69 Å². The van der Waals surface area contributed by atoms with Gasteiger partial charge < -0.3 is 25.0 Å². The third kappa shape index (κ3) is 4.96. The van der Waals surface area contributed by atoms with Crippen molar-refractivity contribution in [2.75, 3.05) is 38.8 Å². The molecule has 0 saturated heterocycles. The number of aliphatic hydroxyl groups excluding tert-OH is 2. The van der Waals surface area contributed by atoms with Gasteiger partial charge in [0, 0.05) is 30.3 Å². The molecule has 0 atom stereocenters. The van der Waals surface area contributed by atoms with Gasteiger partial charge in [-0.15, -0.1) is 0 Å². The maximum absolute atomic E-state index is 9.21. The summed E-state index contributed by atoms with van der Waals surface area (Å²) in [5.74, 6) is 1.21. The number of hydrogen-bond donors (Lipinski definition) is 3. The van der Waals surface area contributed by atoms with Crippen LogP contribution < -0.4 is 14.8 Å². The number of anilines is 1. The van der Waals surface area contributed by atoms with E-state index in [1.807, 2.05) is 26.0 Å². The lowest BCUT2D eigenvalue weighted by atomic mass is 9.95. The average molecular weight is 269 g/mol. The normalized spacial score (nSPS) is 11.2. The van der Waals surface area contributed by atoms with E-state index in [0.29, 0.717) is 18.0 Å². The van der Waals surface area contributed by atoms with Crippen LogP contribution in [0.4, 0.5) is 5.69 Å². The highest BCUT2D eigenvalue weighted by Gasteiger charge is 2.16. The van der Waals surface area contributed by atoms with E-state index >= 15 is 0 Å². The average Bonchev–Trinajstić information content (AvgIpc) is 2.43. The van der Waals surface area contributed by atoms with Gasteiger partial charge >= 0.3 is 0 Å². The van der Waals surface area contributed by atoms with E-state index in [1.165, 1.54) is 0 Å². The molecule has 0 fully saturated rings. The van der Waals surface area contributed by atoms with Crippen molar-refractivity contribution in [3.8, 4) is 11.5 Å². The molecule has 1 aromatic carbocycles. The molecule has 0 radical (unpaired) electrons. The maximum atomic E-state index is 9.21. The summed E-state index contributed by atoms with van der Waals surface area (Å²) in [6.07, 6.45) is 0. The van der Waals surface area contributed by atoms with Crippen LogP contribution in [0.2, 0.25) is 0 Å². The van der Waals surface area contributed by atoms with Gasteiger partial charge in [0.2, 0.25) is 0 Å².